The highest BCUT2D eigenvalue weighted by molar-refractivity contribution is 4.83. The fourth-order valence-electron chi connectivity index (χ4n) is 2.61. The van der Waals surface area contributed by atoms with Crippen molar-refractivity contribution in [2.45, 2.75) is 53.0 Å². The van der Waals surface area contributed by atoms with Crippen LogP contribution < -0.4 is 5.32 Å². The second-order valence-electron chi connectivity index (χ2n) is 4.96. The van der Waals surface area contributed by atoms with Crippen LogP contribution in [0.15, 0.2) is 0 Å². The lowest BCUT2D eigenvalue weighted by atomic mass is 9.74. The molecule has 1 fully saturated rings. The third-order valence-electron chi connectivity index (χ3n) is 3.62. The summed E-state index contributed by atoms with van der Waals surface area (Å²) in [6.07, 6.45) is 4.24. The summed E-state index contributed by atoms with van der Waals surface area (Å²) in [5, 5.41) is 3.59. The largest absolute Gasteiger partial charge is 0.314 e. The predicted molar refractivity (Wildman–Crippen MR) is 58.8 cm³/mol. The molecule has 0 heterocycles. The zero-order valence-electron chi connectivity index (χ0n) is 9.64. The molecule has 0 bridgehead atoms. The summed E-state index contributed by atoms with van der Waals surface area (Å²) >= 11 is 0. The van der Waals surface area contributed by atoms with Crippen molar-refractivity contribution in [2.24, 2.45) is 17.8 Å². The van der Waals surface area contributed by atoms with Crippen LogP contribution in [0.25, 0.3) is 0 Å². The molecule has 0 aromatic carbocycles. The van der Waals surface area contributed by atoms with Crippen LogP contribution in [-0.2, 0) is 0 Å². The van der Waals surface area contributed by atoms with Crippen LogP contribution in [-0.4, -0.2) is 12.6 Å². The minimum absolute atomic E-state index is 0.792. The molecule has 78 valence electrons. The van der Waals surface area contributed by atoms with Gasteiger partial charge in [-0.25, -0.2) is 0 Å². The molecule has 0 aromatic rings. The molecule has 1 rings (SSSR count). The van der Waals surface area contributed by atoms with Crippen molar-refractivity contribution in [1.82, 2.24) is 5.32 Å². The second-order valence-corrected chi connectivity index (χ2v) is 4.96. The van der Waals surface area contributed by atoms with E-state index in [-0.39, 0.29) is 0 Å². The molecule has 0 spiro atoms. The Morgan fingerprint density at radius 2 is 2.00 bits per heavy atom. The fourth-order valence-corrected chi connectivity index (χ4v) is 2.61. The Labute approximate surface area is 83.3 Å². The monoisotopic (exact) mass is 183 g/mol. The zero-order valence-corrected chi connectivity index (χ0v) is 9.64. The van der Waals surface area contributed by atoms with Gasteiger partial charge in [-0.2, -0.15) is 0 Å². The topological polar surface area (TPSA) is 12.0 Å². The highest BCUT2D eigenvalue weighted by Crippen LogP contribution is 2.33. The molecule has 1 nitrogen and oxygen atoms in total. The van der Waals surface area contributed by atoms with E-state index in [4.69, 9.17) is 0 Å². The van der Waals surface area contributed by atoms with Crippen LogP contribution >= 0.6 is 0 Å². The van der Waals surface area contributed by atoms with E-state index in [9.17, 15) is 0 Å². The molecule has 1 saturated carbocycles. The average Bonchev–Trinajstić information content (AvgIpc) is 2.08. The SMILES string of the molecule is CCNC1CCC(C(C)C)CC1C. The van der Waals surface area contributed by atoms with Crippen LogP contribution in [0.4, 0.5) is 0 Å². The summed E-state index contributed by atoms with van der Waals surface area (Å²) in [4.78, 5) is 0. The van der Waals surface area contributed by atoms with Crippen LogP contribution in [0, 0.1) is 17.8 Å². The Bertz CT molecular complexity index is 142. The van der Waals surface area contributed by atoms with Gasteiger partial charge in [0.2, 0.25) is 0 Å². The number of hydrogen-bond donors (Lipinski definition) is 1. The molecule has 13 heavy (non-hydrogen) atoms. The molecule has 0 saturated heterocycles. The Morgan fingerprint density at radius 3 is 2.46 bits per heavy atom. The van der Waals surface area contributed by atoms with Gasteiger partial charge >= 0.3 is 0 Å². The Balaban J connectivity index is 2.37. The fraction of sp³-hybridized carbons (Fsp3) is 1.00. The van der Waals surface area contributed by atoms with E-state index < -0.39 is 0 Å². The zero-order chi connectivity index (χ0) is 9.84. The quantitative estimate of drug-likeness (QED) is 0.709. The molecule has 0 amide bonds. The summed E-state index contributed by atoms with van der Waals surface area (Å²) in [5.41, 5.74) is 0. The Kier molecular flexibility index (Phi) is 4.24. The highest BCUT2D eigenvalue weighted by atomic mass is 14.9. The minimum Gasteiger partial charge on any atom is -0.314 e. The standard InChI is InChI=1S/C12H25N/c1-5-13-12-7-6-11(9(2)3)8-10(12)4/h9-13H,5-8H2,1-4H3. The third-order valence-corrected chi connectivity index (χ3v) is 3.62. The van der Waals surface area contributed by atoms with E-state index in [1.807, 2.05) is 0 Å². The van der Waals surface area contributed by atoms with E-state index >= 15 is 0 Å². The average molecular weight is 183 g/mol. The van der Waals surface area contributed by atoms with Crippen LogP contribution in [0.5, 0.6) is 0 Å². The maximum absolute atomic E-state index is 3.59. The van der Waals surface area contributed by atoms with Gasteiger partial charge in [0.15, 0.2) is 0 Å². The first-order valence-corrected chi connectivity index (χ1v) is 5.88. The number of hydrogen-bond acceptors (Lipinski definition) is 1. The summed E-state index contributed by atoms with van der Waals surface area (Å²) in [7, 11) is 0. The molecule has 0 aromatic heterocycles. The van der Waals surface area contributed by atoms with Gasteiger partial charge in [-0.15, -0.1) is 0 Å². The summed E-state index contributed by atoms with van der Waals surface area (Å²) in [6, 6.07) is 0.792. The molecule has 1 aliphatic carbocycles. The van der Waals surface area contributed by atoms with Crippen molar-refractivity contribution in [3.63, 3.8) is 0 Å². The first-order valence-electron chi connectivity index (χ1n) is 5.88. The maximum Gasteiger partial charge on any atom is 0.00927 e. The molecule has 3 atom stereocenters. The van der Waals surface area contributed by atoms with Crippen LogP contribution in [0.1, 0.15) is 47.0 Å². The summed E-state index contributed by atoms with van der Waals surface area (Å²) in [6.45, 7) is 10.5. The van der Waals surface area contributed by atoms with Crippen molar-refractivity contribution >= 4 is 0 Å². The summed E-state index contributed by atoms with van der Waals surface area (Å²) < 4.78 is 0. The number of nitrogens with one attached hydrogen (secondary N) is 1. The predicted octanol–water partition coefficient (Wildman–Crippen LogP) is 3.06. The van der Waals surface area contributed by atoms with Gasteiger partial charge in [0, 0.05) is 6.04 Å². The van der Waals surface area contributed by atoms with E-state index in [0.717, 1.165) is 30.3 Å². The normalized spacial score (nSPS) is 35.3. The van der Waals surface area contributed by atoms with Crippen LogP contribution in [0.2, 0.25) is 0 Å². The molecule has 0 radical (unpaired) electrons. The minimum atomic E-state index is 0.792. The van der Waals surface area contributed by atoms with Crippen molar-refractivity contribution in [3.05, 3.63) is 0 Å². The molecular weight excluding hydrogens is 158 g/mol. The van der Waals surface area contributed by atoms with Crippen molar-refractivity contribution in [2.75, 3.05) is 6.54 Å². The van der Waals surface area contributed by atoms with Crippen molar-refractivity contribution < 1.29 is 0 Å². The number of rotatable bonds is 3. The summed E-state index contributed by atoms with van der Waals surface area (Å²) in [5.74, 6) is 2.73. The molecule has 1 aliphatic rings. The third kappa shape index (κ3) is 2.98. The molecule has 1 heteroatoms. The van der Waals surface area contributed by atoms with Gasteiger partial charge in [0.25, 0.3) is 0 Å². The second kappa shape index (κ2) is 4.99. The van der Waals surface area contributed by atoms with Gasteiger partial charge < -0.3 is 5.32 Å². The van der Waals surface area contributed by atoms with Gasteiger partial charge in [-0.05, 0) is 43.6 Å². The maximum atomic E-state index is 3.59. The van der Waals surface area contributed by atoms with Gasteiger partial charge in [0.1, 0.15) is 0 Å². The van der Waals surface area contributed by atoms with E-state index in [1.54, 1.807) is 0 Å². The van der Waals surface area contributed by atoms with Crippen molar-refractivity contribution in [3.8, 4) is 0 Å². The molecular formula is C12H25N. The Morgan fingerprint density at radius 1 is 1.31 bits per heavy atom. The Hall–Kier alpha value is -0.0400. The smallest absolute Gasteiger partial charge is 0.00927 e. The molecule has 3 unspecified atom stereocenters. The first kappa shape index (κ1) is 11.0. The lowest BCUT2D eigenvalue weighted by molar-refractivity contribution is 0.181. The highest BCUT2D eigenvalue weighted by Gasteiger charge is 2.28. The lowest BCUT2D eigenvalue weighted by Crippen LogP contribution is -2.40. The first-order chi connectivity index (χ1) is 6.15. The van der Waals surface area contributed by atoms with Crippen molar-refractivity contribution in [1.29, 1.82) is 0 Å². The van der Waals surface area contributed by atoms with Gasteiger partial charge in [0.05, 0.1) is 0 Å². The van der Waals surface area contributed by atoms with Gasteiger partial charge in [-0.1, -0.05) is 27.7 Å². The molecule has 0 aliphatic heterocycles. The van der Waals surface area contributed by atoms with E-state index in [1.165, 1.54) is 19.3 Å². The van der Waals surface area contributed by atoms with Crippen LogP contribution in [0.3, 0.4) is 0 Å². The molecule has 1 N–H and O–H groups in total. The van der Waals surface area contributed by atoms with E-state index in [2.05, 4.69) is 33.0 Å². The lowest BCUT2D eigenvalue weighted by Gasteiger charge is -2.36. The van der Waals surface area contributed by atoms with E-state index in [0.29, 0.717) is 0 Å². The van der Waals surface area contributed by atoms with Gasteiger partial charge in [-0.3, -0.25) is 0 Å².